The zero-order valence-corrected chi connectivity index (χ0v) is 13.8. The second kappa shape index (κ2) is 13.6. The lowest BCUT2D eigenvalue weighted by atomic mass is 10.1. The van der Waals surface area contributed by atoms with Crippen LogP contribution in [0, 0.1) is 0 Å². The fourth-order valence-corrected chi connectivity index (χ4v) is 1.93. The van der Waals surface area contributed by atoms with Gasteiger partial charge in [0, 0.05) is 0 Å². The molecule has 0 N–H and O–H groups in total. The molecule has 18 heavy (non-hydrogen) atoms. The minimum absolute atomic E-state index is 0. The van der Waals surface area contributed by atoms with E-state index in [4.69, 9.17) is 4.84 Å². The molecule has 0 heterocycles. The molecule has 0 aromatic carbocycles. The molecule has 0 saturated heterocycles. The van der Waals surface area contributed by atoms with Gasteiger partial charge in [-0.05, 0) is 6.42 Å². The topological polar surface area (TPSA) is 9.23 Å². The molecule has 2 nitrogen and oxygen atoms in total. The van der Waals surface area contributed by atoms with E-state index >= 15 is 0 Å². The molecule has 0 aromatic heterocycles. The molecule has 0 radical (unpaired) electrons. The van der Waals surface area contributed by atoms with E-state index < -0.39 is 0 Å². The quantitative estimate of drug-likeness (QED) is 0.299. The molecule has 0 aromatic rings. The van der Waals surface area contributed by atoms with Gasteiger partial charge in [0.25, 0.3) is 0 Å². The lowest BCUT2D eigenvalue weighted by Gasteiger charge is -2.20. The second-order valence-corrected chi connectivity index (χ2v) is 5.90. The van der Waals surface area contributed by atoms with Crippen LogP contribution >= 0.6 is 0 Å². The molecular weight excluding hydrogens is 246 g/mol. The summed E-state index contributed by atoms with van der Waals surface area (Å²) in [6.45, 7) is 3.18. The Kier molecular flexibility index (Phi) is 15.6. The Morgan fingerprint density at radius 2 is 1.06 bits per heavy atom. The van der Waals surface area contributed by atoms with Crippen molar-refractivity contribution in [2.24, 2.45) is 0 Å². The fourth-order valence-electron chi connectivity index (χ4n) is 1.93. The summed E-state index contributed by atoms with van der Waals surface area (Å²) in [6.07, 6.45) is 13.9. The monoisotopic (exact) mass is 279 g/mol. The van der Waals surface area contributed by atoms with E-state index in [0.29, 0.717) is 4.65 Å². The van der Waals surface area contributed by atoms with Gasteiger partial charge in [-0.3, -0.25) is 0 Å². The number of rotatable bonds is 12. The van der Waals surface area contributed by atoms with Crippen LogP contribution in [-0.2, 0) is 4.84 Å². The fraction of sp³-hybridized carbons (Fsp3) is 1.00. The summed E-state index contributed by atoms with van der Waals surface area (Å²) >= 11 is 0. The van der Waals surface area contributed by atoms with Gasteiger partial charge in [0.2, 0.25) is 0 Å². The highest BCUT2D eigenvalue weighted by molar-refractivity contribution is 4.46. The Morgan fingerprint density at radius 1 is 0.667 bits per heavy atom. The summed E-state index contributed by atoms with van der Waals surface area (Å²) in [7, 11) is 6.20. The van der Waals surface area contributed by atoms with Crippen molar-refractivity contribution in [1.29, 1.82) is 0 Å². The van der Waals surface area contributed by atoms with E-state index in [9.17, 15) is 0 Å². The first-order valence-electron chi connectivity index (χ1n) is 7.52. The Labute approximate surface area is 121 Å². The largest absolute Gasteiger partial charge is 1.00 e. The van der Waals surface area contributed by atoms with Crippen LogP contribution < -0.4 is 12.4 Å². The molecule has 0 aliphatic rings. The Morgan fingerprint density at radius 3 is 1.44 bits per heavy atom. The number of hydroxylamine groups is 3. The molecule has 0 fully saturated rings. The normalized spacial score (nSPS) is 11.3. The Balaban J connectivity index is 0. The van der Waals surface area contributed by atoms with E-state index in [1.807, 2.05) is 0 Å². The van der Waals surface area contributed by atoms with Gasteiger partial charge < -0.3 is 12.4 Å². The van der Waals surface area contributed by atoms with Gasteiger partial charge in [-0.1, -0.05) is 64.7 Å². The first-order valence-corrected chi connectivity index (χ1v) is 7.52. The molecule has 0 bridgehead atoms. The average molecular weight is 280 g/mol. The molecule has 0 aliphatic carbocycles. The molecule has 3 heteroatoms. The van der Waals surface area contributed by atoms with Crippen molar-refractivity contribution >= 4 is 0 Å². The van der Waals surface area contributed by atoms with Gasteiger partial charge in [-0.2, -0.15) is 4.65 Å². The van der Waals surface area contributed by atoms with E-state index in [1.54, 1.807) is 0 Å². The van der Waals surface area contributed by atoms with Crippen molar-refractivity contribution in [2.45, 2.75) is 71.1 Å². The van der Waals surface area contributed by atoms with Crippen LogP contribution in [-0.4, -0.2) is 32.4 Å². The van der Waals surface area contributed by atoms with Crippen LogP contribution in [0.1, 0.15) is 71.1 Å². The minimum atomic E-state index is 0. The third-order valence-corrected chi connectivity index (χ3v) is 2.98. The number of quaternary nitrogens is 1. The molecule has 0 saturated carbocycles. The van der Waals surface area contributed by atoms with Crippen LogP contribution in [0.25, 0.3) is 0 Å². The smallest absolute Gasteiger partial charge is 0.106 e. The van der Waals surface area contributed by atoms with E-state index in [2.05, 4.69) is 28.1 Å². The van der Waals surface area contributed by atoms with Gasteiger partial charge in [0.05, 0.1) is 21.1 Å². The molecule has 0 unspecified atom stereocenters. The highest BCUT2D eigenvalue weighted by Gasteiger charge is 2.06. The van der Waals surface area contributed by atoms with Gasteiger partial charge in [0.1, 0.15) is 6.61 Å². The van der Waals surface area contributed by atoms with Crippen molar-refractivity contribution in [3.8, 4) is 0 Å². The average Bonchev–Trinajstić information content (AvgIpc) is 2.24. The van der Waals surface area contributed by atoms with Crippen molar-refractivity contribution in [2.75, 3.05) is 27.7 Å². The maximum atomic E-state index is 5.64. The van der Waals surface area contributed by atoms with E-state index in [0.717, 1.165) is 6.61 Å². The van der Waals surface area contributed by atoms with Crippen LogP contribution in [0.15, 0.2) is 0 Å². The summed E-state index contributed by atoms with van der Waals surface area (Å²) in [5, 5.41) is 0. The standard InChI is InChI=1S/C15H34NO.ClH/c1-5-6-7-8-9-10-11-12-13-14-15-17-16(2,3)4;/h5-15H2,1-4H3;1H/q+1;/p-1. The molecule has 0 rings (SSSR count). The Hall–Kier alpha value is 0.210. The molecule has 0 aliphatic heterocycles. The number of nitrogens with zero attached hydrogens (tertiary/aromatic N) is 1. The number of hydrogen-bond acceptors (Lipinski definition) is 1. The number of unbranched alkanes of at least 4 members (excludes halogenated alkanes) is 9. The Bertz CT molecular complexity index is 157. The maximum absolute atomic E-state index is 5.64. The van der Waals surface area contributed by atoms with Crippen LogP contribution in [0.2, 0.25) is 0 Å². The van der Waals surface area contributed by atoms with Crippen molar-refractivity contribution in [3.05, 3.63) is 0 Å². The lowest BCUT2D eigenvalue weighted by molar-refractivity contribution is -1.06. The van der Waals surface area contributed by atoms with Gasteiger partial charge in [-0.25, -0.2) is 4.84 Å². The van der Waals surface area contributed by atoms with Crippen molar-refractivity contribution in [1.82, 2.24) is 0 Å². The van der Waals surface area contributed by atoms with Crippen LogP contribution in [0.4, 0.5) is 0 Å². The summed E-state index contributed by atoms with van der Waals surface area (Å²) in [4.78, 5) is 5.64. The third kappa shape index (κ3) is 18.6. The predicted octanol–water partition coefficient (Wildman–Crippen LogP) is 1.55. The van der Waals surface area contributed by atoms with Crippen molar-refractivity contribution < 1.29 is 21.9 Å². The maximum Gasteiger partial charge on any atom is 0.106 e. The first-order chi connectivity index (χ1) is 8.06. The minimum Gasteiger partial charge on any atom is -1.00 e. The summed E-state index contributed by atoms with van der Waals surface area (Å²) in [5.41, 5.74) is 0. The summed E-state index contributed by atoms with van der Waals surface area (Å²) in [5.74, 6) is 0. The summed E-state index contributed by atoms with van der Waals surface area (Å²) < 4.78 is 0.622. The van der Waals surface area contributed by atoms with E-state index in [1.165, 1.54) is 64.2 Å². The van der Waals surface area contributed by atoms with Gasteiger partial charge >= 0.3 is 0 Å². The zero-order chi connectivity index (χ0) is 13.0. The molecule has 0 amide bonds. The highest BCUT2D eigenvalue weighted by Crippen LogP contribution is 2.10. The first kappa shape index (κ1) is 20.5. The molecule has 0 atom stereocenters. The SMILES string of the molecule is CCCCCCCCCCCCO[N+](C)(C)C.[Cl-]. The number of halogens is 1. The summed E-state index contributed by atoms with van der Waals surface area (Å²) in [6, 6.07) is 0. The van der Waals surface area contributed by atoms with Gasteiger partial charge in [0.15, 0.2) is 0 Å². The predicted molar refractivity (Wildman–Crippen MR) is 75.8 cm³/mol. The second-order valence-electron chi connectivity index (χ2n) is 5.90. The molecule has 112 valence electrons. The van der Waals surface area contributed by atoms with E-state index in [-0.39, 0.29) is 12.4 Å². The third-order valence-electron chi connectivity index (χ3n) is 2.98. The van der Waals surface area contributed by atoms with Crippen LogP contribution in [0.3, 0.4) is 0 Å². The highest BCUT2D eigenvalue weighted by atomic mass is 35.5. The molecule has 0 spiro atoms. The van der Waals surface area contributed by atoms with Crippen molar-refractivity contribution in [3.63, 3.8) is 0 Å². The molecular formula is C15H34ClNO. The number of hydrogen-bond donors (Lipinski definition) is 0. The zero-order valence-electron chi connectivity index (χ0n) is 13.0. The van der Waals surface area contributed by atoms with Gasteiger partial charge in [-0.15, -0.1) is 0 Å². The van der Waals surface area contributed by atoms with Crippen LogP contribution in [0.5, 0.6) is 0 Å². The lowest BCUT2D eigenvalue weighted by Crippen LogP contribution is -3.00.